The Balaban J connectivity index is 2.06. The molecule has 0 spiro atoms. The van der Waals surface area contributed by atoms with Crippen molar-refractivity contribution in [2.75, 3.05) is 11.9 Å². The van der Waals surface area contributed by atoms with Gasteiger partial charge in [-0.05, 0) is 31.2 Å². The van der Waals surface area contributed by atoms with E-state index in [1.54, 1.807) is 25.3 Å². The maximum Gasteiger partial charge on any atom is 0.339 e. The highest BCUT2D eigenvalue weighted by molar-refractivity contribution is 6.03. The number of carbonyl (C=O) groups is 2. The fourth-order valence-electron chi connectivity index (χ4n) is 1.50. The number of anilines is 1. The highest BCUT2D eigenvalue weighted by Crippen LogP contribution is 2.07. The zero-order valence-corrected chi connectivity index (χ0v) is 10.9. The summed E-state index contributed by atoms with van der Waals surface area (Å²) in [7, 11) is 0. The van der Waals surface area contributed by atoms with Crippen molar-refractivity contribution in [1.29, 1.82) is 0 Å². The van der Waals surface area contributed by atoms with Gasteiger partial charge in [0.2, 0.25) is 0 Å². The Kier molecular flexibility index (Phi) is 4.39. The van der Waals surface area contributed by atoms with Gasteiger partial charge in [-0.25, -0.2) is 4.79 Å². The fourth-order valence-corrected chi connectivity index (χ4v) is 1.50. The normalized spacial score (nSPS) is 9.85. The number of nitrogens with one attached hydrogen (secondary N) is 1. The van der Waals surface area contributed by atoms with Crippen LogP contribution in [0.4, 0.5) is 5.69 Å². The number of hydrogen-bond acceptors (Lipinski definition) is 5. The van der Waals surface area contributed by atoms with Gasteiger partial charge in [0.15, 0.2) is 0 Å². The molecule has 0 saturated heterocycles. The standard InChI is InChI=1S/C14H13N3O3/c1-2-20-14(19)10-5-6-12(16-8-10)13(18)17-11-4-3-7-15-9-11/h3-9H,2H2,1H3,(H,17,18). The van der Waals surface area contributed by atoms with Gasteiger partial charge in [0.25, 0.3) is 5.91 Å². The van der Waals surface area contributed by atoms with Crippen LogP contribution in [-0.4, -0.2) is 28.5 Å². The van der Waals surface area contributed by atoms with Crippen LogP contribution >= 0.6 is 0 Å². The minimum absolute atomic E-state index is 0.210. The van der Waals surface area contributed by atoms with Crippen LogP contribution in [0.15, 0.2) is 42.9 Å². The van der Waals surface area contributed by atoms with Gasteiger partial charge in [-0.15, -0.1) is 0 Å². The third-order valence-corrected chi connectivity index (χ3v) is 2.43. The zero-order chi connectivity index (χ0) is 14.4. The predicted molar refractivity (Wildman–Crippen MR) is 72.4 cm³/mol. The summed E-state index contributed by atoms with van der Waals surface area (Å²) in [5.41, 5.74) is 1.10. The van der Waals surface area contributed by atoms with Gasteiger partial charge in [0, 0.05) is 12.4 Å². The van der Waals surface area contributed by atoms with Crippen molar-refractivity contribution >= 4 is 17.6 Å². The molecule has 0 radical (unpaired) electrons. The highest BCUT2D eigenvalue weighted by Gasteiger charge is 2.11. The molecule has 1 N–H and O–H groups in total. The summed E-state index contributed by atoms with van der Waals surface area (Å²) in [4.78, 5) is 31.2. The van der Waals surface area contributed by atoms with E-state index in [0.717, 1.165) is 0 Å². The first-order valence-corrected chi connectivity index (χ1v) is 6.05. The lowest BCUT2D eigenvalue weighted by molar-refractivity contribution is 0.0525. The average molecular weight is 271 g/mol. The van der Waals surface area contributed by atoms with Gasteiger partial charge in [-0.3, -0.25) is 14.8 Å². The van der Waals surface area contributed by atoms with Crippen LogP contribution in [0, 0.1) is 0 Å². The molecule has 2 rings (SSSR count). The molecule has 0 unspecified atom stereocenters. The molecule has 20 heavy (non-hydrogen) atoms. The molecule has 2 aromatic rings. The van der Waals surface area contributed by atoms with Crippen LogP contribution in [-0.2, 0) is 4.74 Å². The van der Waals surface area contributed by atoms with Crippen LogP contribution < -0.4 is 5.32 Å². The summed E-state index contributed by atoms with van der Waals surface area (Å²) in [6, 6.07) is 6.41. The van der Waals surface area contributed by atoms with Crippen LogP contribution in [0.5, 0.6) is 0 Å². The van der Waals surface area contributed by atoms with Crippen LogP contribution in [0.2, 0.25) is 0 Å². The molecule has 2 aromatic heterocycles. The third-order valence-electron chi connectivity index (χ3n) is 2.43. The van der Waals surface area contributed by atoms with E-state index in [-0.39, 0.29) is 11.6 Å². The van der Waals surface area contributed by atoms with E-state index in [0.29, 0.717) is 17.9 Å². The van der Waals surface area contributed by atoms with Crippen molar-refractivity contribution in [1.82, 2.24) is 9.97 Å². The molecule has 2 heterocycles. The quantitative estimate of drug-likeness (QED) is 0.859. The number of hydrogen-bond donors (Lipinski definition) is 1. The molecule has 0 saturated carbocycles. The summed E-state index contributed by atoms with van der Waals surface area (Å²) in [5, 5.41) is 2.65. The van der Waals surface area contributed by atoms with Crippen molar-refractivity contribution in [3.05, 3.63) is 54.1 Å². The van der Waals surface area contributed by atoms with E-state index in [1.807, 2.05) is 0 Å². The maximum absolute atomic E-state index is 11.9. The van der Waals surface area contributed by atoms with Gasteiger partial charge in [-0.2, -0.15) is 0 Å². The SMILES string of the molecule is CCOC(=O)c1ccc(C(=O)Nc2cccnc2)nc1. The third kappa shape index (κ3) is 3.38. The second kappa shape index (κ2) is 6.42. The molecule has 0 aromatic carbocycles. The number of ether oxygens (including phenoxy) is 1. The van der Waals surface area contributed by atoms with Crippen LogP contribution in [0.25, 0.3) is 0 Å². The Morgan fingerprint density at radius 2 is 2.10 bits per heavy atom. The lowest BCUT2D eigenvalue weighted by atomic mass is 10.2. The summed E-state index contributed by atoms with van der Waals surface area (Å²) in [6.07, 6.45) is 4.46. The monoisotopic (exact) mass is 271 g/mol. The summed E-state index contributed by atoms with van der Waals surface area (Å²) in [6.45, 7) is 2.02. The van der Waals surface area contributed by atoms with Crippen molar-refractivity contribution in [2.24, 2.45) is 0 Å². The molecule has 1 amide bonds. The number of nitrogens with zero attached hydrogens (tertiary/aromatic N) is 2. The van der Waals surface area contributed by atoms with Crippen molar-refractivity contribution < 1.29 is 14.3 Å². The molecule has 6 nitrogen and oxygen atoms in total. The van der Waals surface area contributed by atoms with E-state index < -0.39 is 5.97 Å². The second-order valence-electron chi connectivity index (χ2n) is 3.85. The minimum atomic E-state index is -0.459. The number of esters is 1. The molecule has 0 atom stereocenters. The van der Waals surface area contributed by atoms with Gasteiger partial charge in [0.1, 0.15) is 5.69 Å². The van der Waals surface area contributed by atoms with E-state index in [2.05, 4.69) is 15.3 Å². The van der Waals surface area contributed by atoms with E-state index in [9.17, 15) is 9.59 Å². The maximum atomic E-state index is 11.9. The minimum Gasteiger partial charge on any atom is -0.462 e. The smallest absolute Gasteiger partial charge is 0.339 e. The number of carbonyl (C=O) groups excluding carboxylic acids is 2. The average Bonchev–Trinajstić information content (AvgIpc) is 2.48. The zero-order valence-electron chi connectivity index (χ0n) is 10.9. The Labute approximate surface area is 115 Å². The molecule has 0 bridgehead atoms. The first kappa shape index (κ1) is 13.7. The second-order valence-corrected chi connectivity index (χ2v) is 3.85. The first-order valence-electron chi connectivity index (χ1n) is 6.05. The summed E-state index contributed by atoms with van der Waals surface area (Å²) in [5.74, 6) is -0.826. The molecule has 0 aliphatic carbocycles. The van der Waals surface area contributed by atoms with Crippen molar-refractivity contribution in [2.45, 2.75) is 6.92 Å². The number of pyridine rings is 2. The van der Waals surface area contributed by atoms with Gasteiger partial charge in [-0.1, -0.05) is 0 Å². The Morgan fingerprint density at radius 3 is 2.70 bits per heavy atom. The Morgan fingerprint density at radius 1 is 1.25 bits per heavy atom. The van der Waals surface area contributed by atoms with Crippen molar-refractivity contribution in [3.63, 3.8) is 0 Å². The Hall–Kier alpha value is -2.76. The molecular formula is C14H13N3O3. The highest BCUT2D eigenvalue weighted by atomic mass is 16.5. The van der Waals surface area contributed by atoms with Gasteiger partial charge < -0.3 is 10.1 Å². The van der Waals surface area contributed by atoms with Crippen LogP contribution in [0.3, 0.4) is 0 Å². The summed E-state index contributed by atoms with van der Waals surface area (Å²) >= 11 is 0. The van der Waals surface area contributed by atoms with Gasteiger partial charge in [0.05, 0.1) is 24.1 Å². The van der Waals surface area contributed by atoms with E-state index in [4.69, 9.17) is 4.74 Å². The largest absolute Gasteiger partial charge is 0.462 e. The van der Waals surface area contributed by atoms with Crippen molar-refractivity contribution in [3.8, 4) is 0 Å². The topological polar surface area (TPSA) is 81.2 Å². The first-order chi connectivity index (χ1) is 9.70. The molecule has 102 valence electrons. The molecular weight excluding hydrogens is 258 g/mol. The van der Waals surface area contributed by atoms with Crippen LogP contribution in [0.1, 0.15) is 27.8 Å². The molecule has 6 heteroatoms. The lowest BCUT2D eigenvalue weighted by Gasteiger charge is -2.05. The number of amides is 1. The number of aromatic nitrogens is 2. The van der Waals surface area contributed by atoms with E-state index >= 15 is 0 Å². The molecule has 0 fully saturated rings. The van der Waals surface area contributed by atoms with E-state index in [1.165, 1.54) is 24.5 Å². The number of rotatable bonds is 4. The Bertz CT molecular complexity index is 597. The fraction of sp³-hybridized carbons (Fsp3) is 0.143. The predicted octanol–water partition coefficient (Wildman–Crippen LogP) is 1.91. The lowest BCUT2D eigenvalue weighted by Crippen LogP contribution is -2.14. The van der Waals surface area contributed by atoms with Gasteiger partial charge >= 0.3 is 5.97 Å². The molecule has 0 aliphatic heterocycles. The summed E-state index contributed by atoms with van der Waals surface area (Å²) < 4.78 is 4.84. The molecule has 0 aliphatic rings.